The summed E-state index contributed by atoms with van der Waals surface area (Å²) in [6, 6.07) is 8.66. The van der Waals surface area contributed by atoms with Gasteiger partial charge in [0.2, 0.25) is 0 Å². The Morgan fingerprint density at radius 3 is 1.73 bits per heavy atom. The van der Waals surface area contributed by atoms with Gasteiger partial charge in [-0.3, -0.25) is 4.66 Å². The lowest BCUT2D eigenvalue weighted by atomic mass is 9.81. The van der Waals surface area contributed by atoms with Crippen LogP contribution in [0, 0.1) is 0 Å². The van der Waals surface area contributed by atoms with Crippen LogP contribution < -0.4 is 5.46 Å². The Kier molecular flexibility index (Phi) is 5.88. The largest absolute Gasteiger partial charge is 0.488 e. The summed E-state index contributed by atoms with van der Waals surface area (Å²) in [6.07, 6.45) is 0. The molecule has 1 aromatic carbocycles. The molecule has 60 valence electrons. The highest BCUT2D eigenvalue weighted by atomic mass is 35.5. The third-order valence-corrected chi connectivity index (χ3v) is 1.10. The molecule has 0 amide bonds. The zero-order valence-corrected chi connectivity index (χ0v) is 6.44. The Hall–Kier alpha value is -0.545. The van der Waals surface area contributed by atoms with Gasteiger partial charge in [0.05, 0.1) is 11.9 Å². The molecule has 0 aromatic heterocycles. The summed E-state index contributed by atoms with van der Waals surface area (Å²) in [4.78, 5) is 0. The molecule has 0 aliphatic rings. The topological polar surface area (TPSA) is 60.7 Å². The molecule has 0 radical (unpaired) electrons. The minimum absolute atomic E-state index is 0.525. The fourth-order valence-corrected chi connectivity index (χ4v) is 0.625. The second-order valence-corrected chi connectivity index (χ2v) is 1.78. The molecular weight excluding hydrogens is 166 g/mol. The van der Waals surface area contributed by atoms with Crippen LogP contribution in [0.1, 0.15) is 0 Å². The highest BCUT2D eigenvalue weighted by Crippen LogP contribution is 1.82. The lowest BCUT2D eigenvalue weighted by Crippen LogP contribution is -2.29. The van der Waals surface area contributed by atoms with Crippen LogP contribution in [0.5, 0.6) is 0 Å². The van der Waals surface area contributed by atoms with Gasteiger partial charge in [-0.05, 0) is 5.46 Å². The van der Waals surface area contributed by atoms with Crippen molar-refractivity contribution >= 4 is 24.4 Å². The molecule has 1 rings (SSSR count). The van der Waals surface area contributed by atoms with Gasteiger partial charge in [0.25, 0.3) is 0 Å². The molecule has 0 heterocycles. The minimum Gasteiger partial charge on any atom is -0.423 e. The maximum Gasteiger partial charge on any atom is 0.488 e. The number of hydrogen-bond acceptors (Lipinski definition) is 3. The molecule has 0 aliphatic carbocycles. The number of rotatable bonds is 1. The van der Waals surface area contributed by atoms with E-state index in [-0.39, 0.29) is 0 Å². The molecule has 0 atom stereocenters. The quantitative estimate of drug-likeness (QED) is 0.503. The second-order valence-electron chi connectivity index (χ2n) is 1.78. The Balaban J connectivity index is 0.000000461. The Bertz CT molecular complexity index is 180. The molecule has 5 heteroatoms. The van der Waals surface area contributed by atoms with Crippen LogP contribution in [-0.2, 0) is 0 Å². The molecule has 0 saturated heterocycles. The Morgan fingerprint density at radius 1 is 1.00 bits per heavy atom. The summed E-state index contributed by atoms with van der Waals surface area (Å²) in [6.45, 7) is 0. The van der Waals surface area contributed by atoms with Crippen molar-refractivity contribution in [3.05, 3.63) is 30.3 Å². The first kappa shape index (κ1) is 10.5. The van der Waals surface area contributed by atoms with E-state index in [9.17, 15) is 0 Å². The third kappa shape index (κ3) is 4.00. The summed E-state index contributed by atoms with van der Waals surface area (Å²) in [5.74, 6) is 0. The van der Waals surface area contributed by atoms with Gasteiger partial charge in [0.1, 0.15) is 0 Å². The van der Waals surface area contributed by atoms with Gasteiger partial charge in [-0.25, -0.2) is 0 Å². The predicted molar refractivity (Wildman–Crippen MR) is 44.3 cm³/mol. The van der Waals surface area contributed by atoms with Gasteiger partial charge in [-0.2, -0.15) is 0 Å². The summed E-state index contributed by atoms with van der Waals surface area (Å²) >= 11 is 3.64. The van der Waals surface area contributed by atoms with Crippen LogP contribution in [-0.4, -0.2) is 21.8 Å². The van der Waals surface area contributed by atoms with Crippen molar-refractivity contribution < 1.29 is 14.7 Å². The van der Waals surface area contributed by atoms with Crippen molar-refractivity contribution in [3.63, 3.8) is 0 Å². The number of hydrogen-bond donors (Lipinski definition) is 3. The zero-order chi connectivity index (χ0) is 8.69. The van der Waals surface area contributed by atoms with E-state index in [0.717, 1.165) is 0 Å². The SMILES string of the molecule is OB(O)c1ccccc1.OCl. The van der Waals surface area contributed by atoms with E-state index in [1.54, 1.807) is 24.3 Å². The van der Waals surface area contributed by atoms with Crippen LogP contribution in [0.4, 0.5) is 0 Å². The number of benzene rings is 1. The van der Waals surface area contributed by atoms with E-state index >= 15 is 0 Å². The van der Waals surface area contributed by atoms with Crippen molar-refractivity contribution in [3.8, 4) is 0 Å². The highest BCUT2D eigenvalue weighted by Gasteiger charge is 2.07. The van der Waals surface area contributed by atoms with Gasteiger partial charge < -0.3 is 10.0 Å². The third-order valence-electron chi connectivity index (χ3n) is 1.10. The van der Waals surface area contributed by atoms with Crippen molar-refractivity contribution in [2.75, 3.05) is 0 Å². The van der Waals surface area contributed by atoms with Crippen LogP contribution in [0.3, 0.4) is 0 Å². The van der Waals surface area contributed by atoms with Crippen molar-refractivity contribution in [1.82, 2.24) is 0 Å². The van der Waals surface area contributed by atoms with Crippen LogP contribution in [0.15, 0.2) is 30.3 Å². The molecule has 0 spiro atoms. The van der Waals surface area contributed by atoms with Gasteiger partial charge in [0.15, 0.2) is 0 Å². The molecule has 1 aromatic rings. The van der Waals surface area contributed by atoms with Crippen molar-refractivity contribution in [2.45, 2.75) is 0 Å². The maximum absolute atomic E-state index is 8.58. The van der Waals surface area contributed by atoms with E-state index in [4.69, 9.17) is 14.7 Å². The standard InChI is InChI=1S/C6H7BO2.ClHO/c8-7(9)6-4-2-1-3-5-6;1-2/h1-5,8-9H;2H. The summed E-state index contributed by atoms with van der Waals surface area (Å²) < 4.78 is 6.47. The van der Waals surface area contributed by atoms with E-state index < -0.39 is 7.12 Å². The first-order valence-corrected chi connectivity index (χ1v) is 3.22. The van der Waals surface area contributed by atoms with Gasteiger partial charge in [-0.1, -0.05) is 30.3 Å². The smallest absolute Gasteiger partial charge is 0.423 e. The monoisotopic (exact) mass is 174 g/mol. The molecular formula is C6H8BClO3. The van der Waals surface area contributed by atoms with Crippen LogP contribution in [0.25, 0.3) is 0 Å². The molecule has 0 saturated carbocycles. The number of halogens is 1. The first-order valence-electron chi connectivity index (χ1n) is 2.88. The Morgan fingerprint density at radius 2 is 1.45 bits per heavy atom. The molecule has 11 heavy (non-hydrogen) atoms. The highest BCUT2D eigenvalue weighted by molar-refractivity contribution is 6.58. The normalized spacial score (nSPS) is 8.00. The Labute approximate surface area is 70.2 Å². The van der Waals surface area contributed by atoms with E-state index in [2.05, 4.69) is 11.9 Å². The minimum atomic E-state index is -1.34. The van der Waals surface area contributed by atoms with E-state index in [1.807, 2.05) is 6.07 Å². The van der Waals surface area contributed by atoms with Gasteiger partial charge >= 0.3 is 7.12 Å². The fraction of sp³-hybridized carbons (Fsp3) is 0. The first-order chi connectivity index (χ1) is 5.30. The molecule has 0 fully saturated rings. The predicted octanol–water partition coefficient (Wildman–Crippen LogP) is -0.501. The summed E-state index contributed by atoms with van der Waals surface area (Å²) in [7, 11) is -1.34. The lowest BCUT2D eigenvalue weighted by Gasteiger charge is -1.94. The molecule has 0 unspecified atom stereocenters. The zero-order valence-electron chi connectivity index (χ0n) is 5.68. The van der Waals surface area contributed by atoms with E-state index in [0.29, 0.717) is 5.46 Å². The lowest BCUT2D eigenvalue weighted by molar-refractivity contribution is 0.426. The van der Waals surface area contributed by atoms with Crippen LogP contribution >= 0.6 is 11.9 Å². The average molecular weight is 174 g/mol. The summed E-state index contributed by atoms with van der Waals surface area (Å²) in [5.41, 5.74) is 0.525. The molecule has 0 aliphatic heterocycles. The van der Waals surface area contributed by atoms with Crippen molar-refractivity contribution in [1.29, 1.82) is 0 Å². The fourth-order valence-electron chi connectivity index (χ4n) is 0.625. The van der Waals surface area contributed by atoms with E-state index in [1.165, 1.54) is 0 Å². The second kappa shape index (κ2) is 6.18. The summed E-state index contributed by atoms with van der Waals surface area (Å²) in [5, 5.41) is 17.2. The van der Waals surface area contributed by atoms with Crippen molar-refractivity contribution in [2.24, 2.45) is 0 Å². The molecule has 0 bridgehead atoms. The average Bonchev–Trinajstić information content (AvgIpc) is 2.10. The van der Waals surface area contributed by atoms with Gasteiger partial charge in [-0.15, -0.1) is 0 Å². The molecule has 3 N–H and O–H groups in total. The maximum atomic E-state index is 8.58. The van der Waals surface area contributed by atoms with Crippen LogP contribution in [0.2, 0.25) is 0 Å². The molecule has 3 nitrogen and oxygen atoms in total. The van der Waals surface area contributed by atoms with Gasteiger partial charge in [0, 0.05) is 0 Å².